The SMILES string of the molecule is CCCCCCCCOc1c(Cl)cc(C=NO)cc1Cl. The second-order valence-corrected chi connectivity index (χ2v) is 5.49. The molecule has 3 nitrogen and oxygen atoms in total. The van der Waals surface area contributed by atoms with E-state index in [0.717, 1.165) is 12.8 Å². The van der Waals surface area contributed by atoms with Gasteiger partial charge in [0.1, 0.15) is 0 Å². The Morgan fingerprint density at radius 2 is 1.70 bits per heavy atom. The first-order valence-electron chi connectivity index (χ1n) is 6.98. The highest BCUT2D eigenvalue weighted by atomic mass is 35.5. The zero-order valence-electron chi connectivity index (χ0n) is 11.7. The molecule has 0 atom stereocenters. The molecule has 0 aliphatic carbocycles. The highest BCUT2D eigenvalue weighted by molar-refractivity contribution is 6.37. The van der Waals surface area contributed by atoms with Crippen LogP contribution in [0.4, 0.5) is 0 Å². The van der Waals surface area contributed by atoms with Crippen molar-refractivity contribution in [2.45, 2.75) is 45.4 Å². The Labute approximate surface area is 130 Å². The number of hydrogen-bond acceptors (Lipinski definition) is 3. The highest BCUT2D eigenvalue weighted by Crippen LogP contribution is 2.34. The topological polar surface area (TPSA) is 41.8 Å². The van der Waals surface area contributed by atoms with Crippen molar-refractivity contribution in [3.05, 3.63) is 27.7 Å². The van der Waals surface area contributed by atoms with E-state index < -0.39 is 0 Å². The quantitative estimate of drug-likeness (QED) is 0.281. The molecule has 1 aromatic carbocycles. The van der Waals surface area contributed by atoms with E-state index in [2.05, 4.69) is 12.1 Å². The van der Waals surface area contributed by atoms with Gasteiger partial charge >= 0.3 is 0 Å². The third kappa shape index (κ3) is 6.02. The zero-order chi connectivity index (χ0) is 14.8. The molecule has 0 aliphatic rings. The Bertz CT molecular complexity index is 413. The predicted molar refractivity (Wildman–Crippen MR) is 84.7 cm³/mol. The molecule has 0 spiro atoms. The van der Waals surface area contributed by atoms with Crippen molar-refractivity contribution in [1.82, 2.24) is 0 Å². The summed E-state index contributed by atoms with van der Waals surface area (Å²) in [6.07, 6.45) is 8.51. The summed E-state index contributed by atoms with van der Waals surface area (Å²) >= 11 is 12.2. The highest BCUT2D eigenvalue weighted by Gasteiger charge is 2.09. The number of benzene rings is 1. The van der Waals surface area contributed by atoms with Gasteiger partial charge < -0.3 is 9.94 Å². The largest absolute Gasteiger partial charge is 0.490 e. The molecule has 112 valence electrons. The van der Waals surface area contributed by atoms with E-state index in [1.165, 1.54) is 31.9 Å². The van der Waals surface area contributed by atoms with Crippen LogP contribution in [0.25, 0.3) is 0 Å². The van der Waals surface area contributed by atoms with Crippen LogP contribution in [0.15, 0.2) is 17.3 Å². The third-order valence-corrected chi connectivity index (χ3v) is 3.53. The lowest BCUT2D eigenvalue weighted by atomic mass is 10.1. The molecule has 0 unspecified atom stereocenters. The van der Waals surface area contributed by atoms with Crippen LogP contribution in [0.2, 0.25) is 10.0 Å². The van der Waals surface area contributed by atoms with Crippen LogP contribution < -0.4 is 4.74 Å². The van der Waals surface area contributed by atoms with Crippen molar-refractivity contribution in [2.75, 3.05) is 6.61 Å². The van der Waals surface area contributed by atoms with Crippen molar-refractivity contribution in [3.63, 3.8) is 0 Å². The summed E-state index contributed by atoms with van der Waals surface area (Å²) in [5.74, 6) is 0.497. The number of rotatable bonds is 9. The van der Waals surface area contributed by atoms with Crippen LogP contribution >= 0.6 is 23.2 Å². The molecular formula is C15H21Cl2NO2. The Morgan fingerprint density at radius 1 is 1.10 bits per heavy atom. The van der Waals surface area contributed by atoms with Crippen LogP contribution in [0.5, 0.6) is 5.75 Å². The average Bonchev–Trinajstić information content (AvgIpc) is 2.40. The lowest BCUT2D eigenvalue weighted by molar-refractivity contribution is 0.304. The molecule has 0 aromatic heterocycles. The molecule has 0 bridgehead atoms. The normalized spacial score (nSPS) is 11.2. The molecule has 1 aromatic rings. The van der Waals surface area contributed by atoms with Crippen molar-refractivity contribution in [1.29, 1.82) is 0 Å². The number of ether oxygens (including phenoxy) is 1. The van der Waals surface area contributed by atoms with Crippen molar-refractivity contribution < 1.29 is 9.94 Å². The number of nitrogens with zero attached hydrogens (tertiary/aromatic N) is 1. The van der Waals surface area contributed by atoms with Crippen LogP contribution in [0.1, 0.15) is 51.0 Å². The van der Waals surface area contributed by atoms with E-state index in [9.17, 15) is 0 Å². The first-order chi connectivity index (χ1) is 9.69. The Morgan fingerprint density at radius 3 is 2.30 bits per heavy atom. The van der Waals surface area contributed by atoms with Gasteiger partial charge in [-0.2, -0.15) is 0 Å². The monoisotopic (exact) mass is 317 g/mol. The second kappa shape index (κ2) is 9.89. The minimum atomic E-state index is 0.429. The maximum Gasteiger partial charge on any atom is 0.156 e. The fraction of sp³-hybridized carbons (Fsp3) is 0.533. The number of unbranched alkanes of at least 4 members (excludes halogenated alkanes) is 5. The summed E-state index contributed by atoms with van der Waals surface area (Å²) in [5.41, 5.74) is 0.634. The molecule has 0 heterocycles. The zero-order valence-corrected chi connectivity index (χ0v) is 13.3. The van der Waals surface area contributed by atoms with Gasteiger partial charge in [0.2, 0.25) is 0 Å². The predicted octanol–water partition coefficient (Wildman–Crippen LogP) is 5.54. The lowest BCUT2D eigenvalue weighted by Crippen LogP contribution is -1.99. The minimum Gasteiger partial charge on any atom is -0.490 e. The molecule has 0 saturated heterocycles. The molecule has 1 N–H and O–H groups in total. The summed E-state index contributed by atoms with van der Waals surface area (Å²) in [6.45, 7) is 2.82. The van der Waals surface area contributed by atoms with Gasteiger partial charge in [0.05, 0.1) is 22.9 Å². The fourth-order valence-electron chi connectivity index (χ4n) is 1.92. The second-order valence-electron chi connectivity index (χ2n) is 4.67. The van der Waals surface area contributed by atoms with Crippen LogP contribution in [0, 0.1) is 0 Å². The number of oxime groups is 1. The maximum absolute atomic E-state index is 8.48. The Hall–Kier alpha value is -0.930. The summed E-state index contributed by atoms with van der Waals surface area (Å²) in [4.78, 5) is 0. The summed E-state index contributed by atoms with van der Waals surface area (Å²) in [6, 6.07) is 3.31. The molecule has 1 rings (SSSR count). The minimum absolute atomic E-state index is 0.429. The van der Waals surface area contributed by atoms with E-state index in [1.54, 1.807) is 12.1 Å². The van der Waals surface area contributed by atoms with Crippen LogP contribution in [0.3, 0.4) is 0 Å². The molecule has 0 radical (unpaired) electrons. The van der Waals surface area contributed by atoms with E-state index in [4.69, 9.17) is 33.1 Å². The van der Waals surface area contributed by atoms with E-state index >= 15 is 0 Å². The van der Waals surface area contributed by atoms with Gasteiger partial charge in [0, 0.05) is 0 Å². The molecule has 0 saturated carbocycles. The van der Waals surface area contributed by atoms with Gasteiger partial charge in [0.25, 0.3) is 0 Å². The number of halogens is 2. The molecule has 0 aliphatic heterocycles. The van der Waals surface area contributed by atoms with Gasteiger partial charge in [-0.05, 0) is 24.1 Å². The molecule has 0 amide bonds. The fourth-order valence-corrected chi connectivity index (χ4v) is 2.53. The Kier molecular flexibility index (Phi) is 8.47. The average molecular weight is 318 g/mol. The smallest absolute Gasteiger partial charge is 0.156 e. The summed E-state index contributed by atoms with van der Waals surface area (Å²) < 4.78 is 5.64. The standard InChI is InChI=1S/C15H21Cl2NO2/c1-2-3-4-5-6-7-8-20-15-13(16)9-12(11-18-19)10-14(15)17/h9-11,19H,2-8H2,1H3. The molecular weight excluding hydrogens is 297 g/mol. The van der Waals surface area contributed by atoms with Crippen LogP contribution in [-0.2, 0) is 0 Å². The number of hydrogen-bond donors (Lipinski definition) is 1. The van der Waals surface area contributed by atoms with E-state index in [1.807, 2.05) is 0 Å². The summed E-state index contributed by atoms with van der Waals surface area (Å²) in [7, 11) is 0. The van der Waals surface area contributed by atoms with Crippen molar-refractivity contribution >= 4 is 29.4 Å². The van der Waals surface area contributed by atoms with Crippen molar-refractivity contribution in [3.8, 4) is 5.75 Å². The van der Waals surface area contributed by atoms with E-state index in [-0.39, 0.29) is 0 Å². The summed E-state index contributed by atoms with van der Waals surface area (Å²) in [5, 5.41) is 12.3. The first-order valence-corrected chi connectivity index (χ1v) is 7.74. The van der Waals surface area contributed by atoms with Gasteiger partial charge in [-0.25, -0.2) is 0 Å². The van der Waals surface area contributed by atoms with Crippen molar-refractivity contribution in [2.24, 2.45) is 5.16 Å². The molecule has 0 fully saturated rings. The van der Waals surface area contributed by atoms with Crippen LogP contribution in [-0.4, -0.2) is 18.0 Å². The molecule has 20 heavy (non-hydrogen) atoms. The van der Waals surface area contributed by atoms with Gasteiger partial charge in [-0.15, -0.1) is 0 Å². The van der Waals surface area contributed by atoms with Gasteiger partial charge in [0.15, 0.2) is 5.75 Å². The van der Waals surface area contributed by atoms with E-state index in [0.29, 0.717) is 28.0 Å². The molecule has 5 heteroatoms. The third-order valence-electron chi connectivity index (χ3n) is 2.97. The Balaban J connectivity index is 2.40. The lowest BCUT2D eigenvalue weighted by Gasteiger charge is -2.10. The van der Waals surface area contributed by atoms with Gasteiger partial charge in [-0.1, -0.05) is 67.4 Å². The van der Waals surface area contributed by atoms with Gasteiger partial charge in [-0.3, -0.25) is 0 Å². The maximum atomic E-state index is 8.48. The first kappa shape index (κ1) is 17.1.